The van der Waals surface area contributed by atoms with Crippen molar-refractivity contribution in [3.8, 4) is 0 Å². The molecule has 2 aromatic rings. The molecule has 22 heavy (non-hydrogen) atoms. The Morgan fingerprint density at radius 3 is 2.86 bits per heavy atom. The van der Waals surface area contributed by atoms with Crippen LogP contribution in [0.5, 0.6) is 0 Å². The van der Waals surface area contributed by atoms with Crippen molar-refractivity contribution in [2.75, 3.05) is 11.9 Å². The van der Waals surface area contributed by atoms with Gasteiger partial charge in [-0.15, -0.1) is 10.2 Å². The first-order valence-electron chi connectivity index (χ1n) is 7.07. The molecule has 0 aliphatic rings. The maximum absolute atomic E-state index is 11.8. The van der Waals surface area contributed by atoms with E-state index in [2.05, 4.69) is 27.8 Å². The quantitative estimate of drug-likeness (QED) is 0.757. The van der Waals surface area contributed by atoms with Crippen molar-refractivity contribution in [2.24, 2.45) is 0 Å². The van der Waals surface area contributed by atoms with Gasteiger partial charge >= 0.3 is 6.03 Å². The Bertz CT molecular complexity index is 636. The topological polar surface area (TPSA) is 100 Å². The summed E-state index contributed by atoms with van der Waals surface area (Å²) < 4.78 is 5.39. The lowest BCUT2D eigenvalue weighted by Crippen LogP contribution is -2.40. The molecule has 0 radical (unpaired) electrons. The fraction of sp³-hybridized carbons (Fsp3) is 0.500. The van der Waals surface area contributed by atoms with Crippen LogP contribution < -0.4 is 10.6 Å². The van der Waals surface area contributed by atoms with Crippen LogP contribution in [0.3, 0.4) is 0 Å². The van der Waals surface area contributed by atoms with Crippen molar-refractivity contribution in [3.05, 3.63) is 28.7 Å². The van der Waals surface area contributed by atoms with Crippen molar-refractivity contribution in [2.45, 2.75) is 39.2 Å². The Morgan fingerprint density at radius 1 is 1.45 bits per heavy atom. The van der Waals surface area contributed by atoms with E-state index < -0.39 is 11.6 Å². The third-order valence-corrected chi connectivity index (χ3v) is 3.91. The number of urea groups is 1. The van der Waals surface area contributed by atoms with Gasteiger partial charge in [0.1, 0.15) is 22.1 Å². The molecule has 0 saturated heterocycles. The van der Waals surface area contributed by atoms with E-state index in [0.29, 0.717) is 16.7 Å². The number of carbonyl (C=O) groups is 1. The van der Waals surface area contributed by atoms with Crippen molar-refractivity contribution in [1.82, 2.24) is 15.5 Å². The van der Waals surface area contributed by atoms with E-state index in [1.54, 1.807) is 26.0 Å². The van der Waals surface area contributed by atoms with Crippen LogP contribution in [0.15, 0.2) is 16.5 Å². The monoisotopic (exact) mass is 324 g/mol. The van der Waals surface area contributed by atoms with Crippen LogP contribution in [0, 0.1) is 6.92 Å². The summed E-state index contributed by atoms with van der Waals surface area (Å²) in [4.78, 5) is 11.8. The summed E-state index contributed by atoms with van der Waals surface area (Å²) in [6.45, 7) is 5.45. The van der Waals surface area contributed by atoms with Crippen LogP contribution in [0.1, 0.15) is 36.8 Å². The Labute approximate surface area is 132 Å². The number of carbonyl (C=O) groups excluding carboxylic acids is 1. The summed E-state index contributed by atoms with van der Waals surface area (Å²) in [7, 11) is 0. The van der Waals surface area contributed by atoms with E-state index in [0.717, 1.165) is 17.8 Å². The number of nitrogens with zero attached hydrogens (tertiary/aromatic N) is 2. The number of amides is 2. The van der Waals surface area contributed by atoms with Crippen LogP contribution in [-0.4, -0.2) is 27.9 Å². The van der Waals surface area contributed by atoms with Gasteiger partial charge < -0.3 is 14.8 Å². The zero-order chi connectivity index (χ0) is 16.2. The average molecular weight is 324 g/mol. The number of hydrogen-bond acceptors (Lipinski definition) is 6. The maximum atomic E-state index is 11.8. The molecule has 1 atom stereocenters. The Balaban J connectivity index is 1.86. The molecule has 0 unspecified atom stereocenters. The highest BCUT2D eigenvalue weighted by Crippen LogP contribution is 2.22. The predicted octanol–water partition coefficient (Wildman–Crippen LogP) is 2.42. The Morgan fingerprint density at radius 2 is 2.23 bits per heavy atom. The van der Waals surface area contributed by atoms with E-state index in [9.17, 15) is 9.90 Å². The number of furan rings is 1. The van der Waals surface area contributed by atoms with E-state index >= 15 is 0 Å². The van der Waals surface area contributed by atoms with E-state index in [1.807, 2.05) is 0 Å². The summed E-state index contributed by atoms with van der Waals surface area (Å²) in [6, 6.07) is 3.01. The van der Waals surface area contributed by atoms with Gasteiger partial charge in [0, 0.05) is 6.42 Å². The molecule has 0 fully saturated rings. The van der Waals surface area contributed by atoms with Gasteiger partial charge in [0.15, 0.2) is 0 Å². The number of aliphatic hydroxyl groups is 1. The van der Waals surface area contributed by atoms with E-state index in [1.165, 1.54) is 11.3 Å². The predicted molar refractivity (Wildman–Crippen MR) is 83.9 cm³/mol. The molecule has 0 aliphatic carbocycles. The number of aryl methyl sites for hydroxylation is 2. The van der Waals surface area contributed by atoms with Gasteiger partial charge in [0.25, 0.3) is 0 Å². The van der Waals surface area contributed by atoms with Gasteiger partial charge in [0.05, 0.1) is 6.54 Å². The molecule has 7 nitrogen and oxygen atoms in total. The van der Waals surface area contributed by atoms with Gasteiger partial charge in [-0.05, 0) is 32.4 Å². The number of rotatable bonds is 6. The zero-order valence-corrected chi connectivity index (χ0v) is 13.7. The average Bonchev–Trinajstić information content (AvgIpc) is 3.07. The summed E-state index contributed by atoms with van der Waals surface area (Å²) in [5.41, 5.74) is -1.28. The lowest BCUT2D eigenvalue weighted by Gasteiger charge is -2.21. The molecular weight excluding hydrogens is 304 g/mol. The van der Waals surface area contributed by atoms with Gasteiger partial charge in [-0.25, -0.2) is 4.79 Å². The molecule has 0 saturated carbocycles. The fourth-order valence-corrected chi connectivity index (χ4v) is 2.66. The molecule has 2 amide bonds. The molecule has 8 heteroatoms. The second-order valence-electron chi connectivity index (χ2n) is 5.24. The minimum Gasteiger partial charge on any atom is -0.463 e. The highest BCUT2D eigenvalue weighted by atomic mass is 32.1. The van der Waals surface area contributed by atoms with Crippen molar-refractivity contribution in [3.63, 3.8) is 0 Å². The fourth-order valence-electron chi connectivity index (χ4n) is 1.82. The number of nitrogens with one attached hydrogen (secondary N) is 2. The van der Waals surface area contributed by atoms with Gasteiger partial charge in [-0.3, -0.25) is 5.32 Å². The molecule has 120 valence electrons. The normalized spacial score (nSPS) is 13.6. The number of aromatic nitrogens is 2. The summed E-state index contributed by atoms with van der Waals surface area (Å²) in [6.07, 6.45) is 1.82. The molecular formula is C14H20N4O3S. The number of anilines is 1. The summed E-state index contributed by atoms with van der Waals surface area (Å²) in [5, 5.41) is 24.7. The first-order valence-corrected chi connectivity index (χ1v) is 7.89. The lowest BCUT2D eigenvalue weighted by atomic mass is 10.0. The van der Waals surface area contributed by atoms with Gasteiger partial charge in [-0.2, -0.15) is 0 Å². The largest absolute Gasteiger partial charge is 0.463 e. The summed E-state index contributed by atoms with van der Waals surface area (Å²) in [5.74, 6) is 1.11. The van der Waals surface area contributed by atoms with Crippen molar-refractivity contribution in [1.29, 1.82) is 0 Å². The van der Waals surface area contributed by atoms with Crippen LogP contribution in [0.2, 0.25) is 0 Å². The van der Waals surface area contributed by atoms with Gasteiger partial charge in [-0.1, -0.05) is 18.3 Å². The highest BCUT2D eigenvalue weighted by molar-refractivity contribution is 7.15. The van der Waals surface area contributed by atoms with Crippen molar-refractivity contribution >= 4 is 22.5 Å². The maximum Gasteiger partial charge on any atom is 0.321 e. The zero-order valence-electron chi connectivity index (χ0n) is 12.8. The highest BCUT2D eigenvalue weighted by Gasteiger charge is 2.27. The molecule has 0 spiro atoms. The first kappa shape index (κ1) is 16.4. The standard InChI is InChI=1S/C14H20N4O3S/c1-4-5-11-17-18-13(22-11)16-12(19)15-8-14(3,20)10-7-6-9(2)21-10/h6-7,20H,4-5,8H2,1-3H3,(H2,15,16,18,19)/t14-/m0/s1. The van der Waals surface area contributed by atoms with Crippen LogP contribution in [0.25, 0.3) is 0 Å². The lowest BCUT2D eigenvalue weighted by molar-refractivity contribution is 0.0364. The Kier molecular flexibility index (Phi) is 5.15. The molecule has 0 bridgehead atoms. The van der Waals surface area contributed by atoms with Crippen molar-refractivity contribution < 1.29 is 14.3 Å². The minimum atomic E-state index is -1.28. The summed E-state index contributed by atoms with van der Waals surface area (Å²) >= 11 is 1.34. The molecule has 0 aromatic carbocycles. The smallest absolute Gasteiger partial charge is 0.321 e. The molecule has 2 aromatic heterocycles. The molecule has 2 rings (SSSR count). The second-order valence-corrected chi connectivity index (χ2v) is 6.30. The SMILES string of the molecule is CCCc1nnc(NC(=O)NC[C@](C)(O)c2ccc(C)o2)s1. The van der Waals surface area contributed by atoms with E-state index in [-0.39, 0.29) is 6.54 Å². The third kappa shape index (κ3) is 4.28. The number of hydrogen-bond donors (Lipinski definition) is 3. The molecule has 0 aliphatic heterocycles. The second kappa shape index (κ2) is 6.89. The van der Waals surface area contributed by atoms with Crippen LogP contribution in [-0.2, 0) is 12.0 Å². The molecule has 2 heterocycles. The Hall–Kier alpha value is -1.93. The van der Waals surface area contributed by atoms with Crippen LogP contribution in [0.4, 0.5) is 9.93 Å². The first-order chi connectivity index (χ1) is 10.4. The molecule has 3 N–H and O–H groups in total. The van der Waals surface area contributed by atoms with E-state index in [4.69, 9.17) is 4.42 Å². The minimum absolute atomic E-state index is 0.0202. The van der Waals surface area contributed by atoms with Crippen LogP contribution >= 0.6 is 11.3 Å². The third-order valence-electron chi connectivity index (χ3n) is 3.02. The van der Waals surface area contributed by atoms with Gasteiger partial charge in [0.2, 0.25) is 5.13 Å².